The van der Waals surface area contributed by atoms with E-state index < -0.39 is 11.7 Å². The number of amides is 1. The molecule has 7 heteroatoms. The standard InChI is InChI=1S/C14H18N4O3/c19-13(20)17-8-9-18-11(15-16-12(18)10-17)4-7-14(21)5-2-1-3-6-14/h21H,1-3,5-6,8-10H2,(H,19,20). The maximum absolute atomic E-state index is 11.0. The maximum atomic E-state index is 11.0. The Kier molecular flexibility index (Phi) is 3.55. The Bertz CT molecular complexity index is 607. The number of carboxylic acid groups (broad SMARTS) is 1. The summed E-state index contributed by atoms with van der Waals surface area (Å²) < 4.78 is 1.83. The van der Waals surface area contributed by atoms with E-state index in [1.807, 2.05) is 4.57 Å². The second kappa shape index (κ2) is 5.37. The maximum Gasteiger partial charge on any atom is 0.407 e. The molecule has 2 heterocycles. The molecule has 1 aliphatic heterocycles. The monoisotopic (exact) mass is 290 g/mol. The van der Waals surface area contributed by atoms with Crippen molar-refractivity contribution in [2.75, 3.05) is 6.54 Å². The third-order valence-corrected chi connectivity index (χ3v) is 4.11. The molecule has 0 spiro atoms. The molecular formula is C14H18N4O3. The van der Waals surface area contributed by atoms with Gasteiger partial charge in [-0.2, -0.15) is 0 Å². The van der Waals surface area contributed by atoms with Gasteiger partial charge in [0.05, 0.1) is 6.54 Å². The number of hydrogen-bond donors (Lipinski definition) is 2. The minimum Gasteiger partial charge on any atom is -0.465 e. The van der Waals surface area contributed by atoms with Crippen LogP contribution in [0.4, 0.5) is 4.79 Å². The second-order valence-corrected chi connectivity index (χ2v) is 5.64. The topological polar surface area (TPSA) is 91.5 Å². The van der Waals surface area contributed by atoms with Gasteiger partial charge in [-0.15, -0.1) is 10.2 Å². The molecule has 2 N–H and O–H groups in total. The molecule has 1 aromatic rings. The molecule has 7 nitrogen and oxygen atoms in total. The number of fused-ring (bicyclic) bond motifs is 1. The van der Waals surface area contributed by atoms with E-state index in [2.05, 4.69) is 22.0 Å². The third-order valence-electron chi connectivity index (χ3n) is 4.11. The van der Waals surface area contributed by atoms with Gasteiger partial charge in [-0.1, -0.05) is 12.3 Å². The van der Waals surface area contributed by atoms with Crippen LogP contribution < -0.4 is 0 Å². The first-order chi connectivity index (χ1) is 10.1. The van der Waals surface area contributed by atoms with E-state index in [1.165, 1.54) is 4.90 Å². The lowest BCUT2D eigenvalue weighted by molar-refractivity contribution is 0.0610. The Hall–Kier alpha value is -2.07. The molecule has 0 bridgehead atoms. The van der Waals surface area contributed by atoms with Gasteiger partial charge in [0.1, 0.15) is 5.60 Å². The van der Waals surface area contributed by atoms with Gasteiger partial charge in [-0.25, -0.2) is 4.79 Å². The predicted octanol–water partition coefficient (Wildman–Crippen LogP) is 0.818. The molecule has 0 saturated heterocycles. The van der Waals surface area contributed by atoms with Crippen LogP contribution in [0.5, 0.6) is 0 Å². The minimum atomic E-state index is -0.951. The van der Waals surface area contributed by atoms with Gasteiger partial charge in [-0.3, -0.25) is 4.90 Å². The molecule has 1 fully saturated rings. The number of aromatic nitrogens is 3. The SMILES string of the molecule is O=C(O)N1CCn2c(C#CC3(O)CCCCC3)nnc2C1. The van der Waals surface area contributed by atoms with Crippen molar-refractivity contribution in [1.29, 1.82) is 0 Å². The van der Waals surface area contributed by atoms with Gasteiger partial charge in [0, 0.05) is 13.1 Å². The van der Waals surface area contributed by atoms with Crippen molar-refractivity contribution < 1.29 is 15.0 Å². The first-order valence-corrected chi connectivity index (χ1v) is 7.23. The first kappa shape index (κ1) is 13.9. The van der Waals surface area contributed by atoms with Crippen LogP contribution in [0.1, 0.15) is 43.8 Å². The van der Waals surface area contributed by atoms with Crippen molar-refractivity contribution in [2.45, 2.75) is 50.8 Å². The van der Waals surface area contributed by atoms with Gasteiger partial charge < -0.3 is 14.8 Å². The number of rotatable bonds is 0. The Morgan fingerprint density at radius 1 is 1.19 bits per heavy atom. The lowest BCUT2D eigenvalue weighted by Gasteiger charge is -2.26. The van der Waals surface area contributed by atoms with E-state index in [4.69, 9.17) is 5.11 Å². The molecule has 2 aliphatic rings. The number of hydrogen-bond acceptors (Lipinski definition) is 4. The lowest BCUT2D eigenvalue weighted by Crippen LogP contribution is -2.37. The highest BCUT2D eigenvalue weighted by atomic mass is 16.4. The zero-order chi connectivity index (χ0) is 14.9. The van der Waals surface area contributed by atoms with Crippen LogP contribution in [0.15, 0.2) is 0 Å². The summed E-state index contributed by atoms with van der Waals surface area (Å²) in [5.41, 5.74) is -0.910. The zero-order valence-electron chi connectivity index (χ0n) is 11.7. The molecule has 0 unspecified atom stereocenters. The molecule has 0 atom stereocenters. The van der Waals surface area contributed by atoms with Crippen LogP contribution >= 0.6 is 0 Å². The van der Waals surface area contributed by atoms with Crippen molar-refractivity contribution >= 4 is 6.09 Å². The molecule has 1 saturated carbocycles. The number of carbonyl (C=O) groups is 1. The van der Waals surface area contributed by atoms with Crippen molar-refractivity contribution in [3.63, 3.8) is 0 Å². The van der Waals surface area contributed by atoms with Crippen molar-refractivity contribution in [3.05, 3.63) is 11.6 Å². The van der Waals surface area contributed by atoms with Crippen LogP contribution in [0.25, 0.3) is 0 Å². The summed E-state index contributed by atoms with van der Waals surface area (Å²) in [5, 5.41) is 27.4. The summed E-state index contributed by atoms with van der Waals surface area (Å²) in [6.07, 6.45) is 3.60. The van der Waals surface area contributed by atoms with E-state index in [1.54, 1.807) is 0 Å². The van der Waals surface area contributed by atoms with E-state index >= 15 is 0 Å². The molecule has 0 radical (unpaired) electrons. The van der Waals surface area contributed by atoms with E-state index in [0.29, 0.717) is 37.6 Å². The Morgan fingerprint density at radius 3 is 2.67 bits per heavy atom. The highest BCUT2D eigenvalue weighted by molar-refractivity contribution is 5.65. The minimum absolute atomic E-state index is 0.230. The Balaban J connectivity index is 1.78. The van der Waals surface area contributed by atoms with Gasteiger partial charge >= 0.3 is 6.09 Å². The quantitative estimate of drug-likeness (QED) is 0.690. The molecule has 112 valence electrons. The molecule has 3 rings (SSSR count). The Labute approximate surface area is 122 Å². The fourth-order valence-electron chi connectivity index (χ4n) is 2.85. The van der Waals surface area contributed by atoms with E-state index in [0.717, 1.165) is 19.3 Å². The van der Waals surface area contributed by atoms with Crippen LogP contribution in [0.2, 0.25) is 0 Å². The molecule has 21 heavy (non-hydrogen) atoms. The van der Waals surface area contributed by atoms with E-state index in [-0.39, 0.29) is 6.54 Å². The van der Waals surface area contributed by atoms with Crippen molar-refractivity contribution in [2.24, 2.45) is 0 Å². The summed E-state index contributed by atoms with van der Waals surface area (Å²) in [6, 6.07) is 0. The van der Waals surface area contributed by atoms with Crippen LogP contribution in [0.3, 0.4) is 0 Å². The average Bonchev–Trinajstić information content (AvgIpc) is 2.88. The first-order valence-electron chi connectivity index (χ1n) is 7.23. The fourth-order valence-corrected chi connectivity index (χ4v) is 2.85. The molecule has 1 aliphatic carbocycles. The molecule has 1 aromatic heterocycles. The van der Waals surface area contributed by atoms with Crippen molar-refractivity contribution in [1.82, 2.24) is 19.7 Å². The lowest BCUT2D eigenvalue weighted by atomic mass is 9.85. The second-order valence-electron chi connectivity index (χ2n) is 5.64. The van der Waals surface area contributed by atoms with Crippen LogP contribution in [0, 0.1) is 11.8 Å². The number of nitrogens with zero attached hydrogens (tertiary/aromatic N) is 4. The van der Waals surface area contributed by atoms with Gasteiger partial charge in [-0.05, 0) is 31.6 Å². The largest absolute Gasteiger partial charge is 0.465 e. The molecule has 0 aromatic carbocycles. The predicted molar refractivity (Wildman–Crippen MR) is 73.4 cm³/mol. The van der Waals surface area contributed by atoms with Gasteiger partial charge in [0.2, 0.25) is 5.82 Å². The summed E-state index contributed by atoms with van der Waals surface area (Å²) in [6.45, 7) is 1.13. The van der Waals surface area contributed by atoms with Crippen LogP contribution in [-0.4, -0.2) is 48.1 Å². The fraction of sp³-hybridized carbons (Fsp3) is 0.643. The highest BCUT2D eigenvalue weighted by Crippen LogP contribution is 2.27. The summed E-state index contributed by atoms with van der Waals surface area (Å²) in [7, 11) is 0. The van der Waals surface area contributed by atoms with Gasteiger partial charge in [0.25, 0.3) is 0 Å². The normalized spacial score (nSPS) is 20.3. The van der Waals surface area contributed by atoms with Gasteiger partial charge in [0.15, 0.2) is 5.82 Å². The molecular weight excluding hydrogens is 272 g/mol. The zero-order valence-corrected chi connectivity index (χ0v) is 11.7. The van der Waals surface area contributed by atoms with E-state index in [9.17, 15) is 9.90 Å². The highest BCUT2D eigenvalue weighted by Gasteiger charge is 2.27. The average molecular weight is 290 g/mol. The summed E-state index contributed by atoms with van der Waals surface area (Å²) in [5.74, 6) is 6.98. The summed E-state index contributed by atoms with van der Waals surface area (Å²) >= 11 is 0. The number of aliphatic hydroxyl groups is 1. The smallest absolute Gasteiger partial charge is 0.407 e. The Morgan fingerprint density at radius 2 is 1.95 bits per heavy atom. The van der Waals surface area contributed by atoms with Crippen LogP contribution in [-0.2, 0) is 13.1 Å². The third kappa shape index (κ3) is 2.85. The molecule has 1 amide bonds. The summed E-state index contributed by atoms with van der Waals surface area (Å²) in [4.78, 5) is 12.3. The van der Waals surface area contributed by atoms with Crippen molar-refractivity contribution in [3.8, 4) is 11.8 Å².